The van der Waals surface area contributed by atoms with Crippen molar-refractivity contribution < 1.29 is 14.3 Å². The standard InChI is InChI=1S/C21H25ClN2O3/c1-26-18-8-3-15(4-9-18)14-24(17-6-7-17)12-11-21(25)23-19-13-16(22)5-10-20(19)27-2/h3-5,8-10,13,17H,6-7,11-12,14H2,1-2H3,(H,23,25). The fourth-order valence-corrected chi connectivity index (χ4v) is 3.20. The molecular formula is C21H25ClN2O3. The first-order valence-electron chi connectivity index (χ1n) is 9.09. The van der Waals surface area contributed by atoms with Gasteiger partial charge >= 0.3 is 0 Å². The molecule has 1 saturated carbocycles. The molecule has 0 saturated heterocycles. The lowest BCUT2D eigenvalue weighted by molar-refractivity contribution is -0.116. The maximum absolute atomic E-state index is 12.4. The number of carbonyl (C=O) groups excluding carboxylic acids is 1. The maximum Gasteiger partial charge on any atom is 0.225 e. The van der Waals surface area contributed by atoms with Gasteiger partial charge in [0.2, 0.25) is 5.91 Å². The van der Waals surface area contributed by atoms with Crippen LogP contribution in [0.4, 0.5) is 5.69 Å². The van der Waals surface area contributed by atoms with Crippen molar-refractivity contribution in [1.29, 1.82) is 0 Å². The molecule has 1 aliphatic carbocycles. The molecule has 0 bridgehead atoms. The number of nitrogens with one attached hydrogen (secondary N) is 1. The van der Waals surface area contributed by atoms with Gasteiger partial charge in [-0.2, -0.15) is 0 Å². The Morgan fingerprint density at radius 3 is 2.52 bits per heavy atom. The zero-order valence-electron chi connectivity index (χ0n) is 15.7. The third-order valence-corrected chi connectivity index (χ3v) is 4.90. The molecule has 1 amide bonds. The zero-order chi connectivity index (χ0) is 19.2. The van der Waals surface area contributed by atoms with Crippen molar-refractivity contribution in [1.82, 2.24) is 4.90 Å². The summed E-state index contributed by atoms with van der Waals surface area (Å²) in [6.07, 6.45) is 2.81. The average Bonchev–Trinajstić information content (AvgIpc) is 3.51. The van der Waals surface area contributed by atoms with E-state index in [1.165, 1.54) is 18.4 Å². The molecule has 0 spiro atoms. The van der Waals surface area contributed by atoms with Crippen LogP contribution in [0.3, 0.4) is 0 Å². The van der Waals surface area contributed by atoms with Crippen molar-refractivity contribution in [3.05, 3.63) is 53.1 Å². The Labute approximate surface area is 165 Å². The van der Waals surface area contributed by atoms with Crippen molar-refractivity contribution in [2.24, 2.45) is 0 Å². The second kappa shape index (κ2) is 9.11. The molecule has 2 aromatic carbocycles. The quantitative estimate of drug-likeness (QED) is 0.693. The van der Waals surface area contributed by atoms with Crippen LogP contribution < -0.4 is 14.8 Å². The molecule has 2 aromatic rings. The number of rotatable bonds is 9. The van der Waals surface area contributed by atoms with E-state index < -0.39 is 0 Å². The summed E-state index contributed by atoms with van der Waals surface area (Å²) in [6, 6.07) is 13.8. The normalized spacial score (nSPS) is 13.5. The zero-order valence-corrected chi connectivity index (χ0v) is 16.5. The average molecular weight is 389 g/mol. The molecule has 6 heteroatoms. The van der Waals surface area contributed by atoms with Crippen molar-refractivity contribution in [3.8, 4) is 11.5 Å². The number of nitrogens with zero attached hydrogens (tertiary/aromatic N) is 1. The lowest BCUT2D eigenvalue weighted by Crippen LogP contribution is -2.29. The molecule has 0 unspecified atom stereocenters. The van der Waals surface area contributed by atoms with Gasteiger partial charge in [-0.3, -0.25) is 9.69 Å². The molecule has 5 nitrogen and oxygen atoms in total. The van der Waals surface area contributed by atoms with Gasteiger partial charge in [0, 0.05) is 30.6 Å². The topological polar surface area (TPSA) is 50.8 Å². The van der Waals surface area contributed by atoms with Gasteiger partial charge in [-0.05, 0) is 48.7 Å². The third kappa shape index (κ3) is 5.62. The van der Waals surface area contributed by atoms with E-state index in [1.54, 1.807) is 32.4 Å². The van der Waals surface area contributed by atoms with Crippen LogP contribution >= 0.6 is 11.6 Å². The largest absolute Gasteiger partial charge is 0.497 e. The minimum absolute atomic E-state index is 0.0454. The van der Waals surface area contributed by atoms with Crippen molar-refractivity contribution >= 4 is 23.2 Å². The van der Waals surface area contributed by atoms with E-state index in [9.17, 15) is 4.79 Å². The van der Waals surface area contributed by atoms with E-state index in [1.807, 2.05) is 12.1 Å². The number of ether oxygens (including phenoxy) is 2. The summed E-state index contributed by atoms with van der Waals surface area (Å²) in [7, 11) is 3.24. The SMILES string of the molecule is COc1ccc(CN(CCC(=O)Nc2cc(Cl)ccc2OC)C2CC2)cc1. The van der Waals surface area contributed by atoms with Gasteiger partial charge in [-0.25, -0.2) is 0 Å². The number of hydrogen-bond acceptors (Lipinski definition) is 4. The first-order chi connectivity index (χ1) is 13.1. The van der Waals surface area contributed by atoms with Crippen LogP contribution in [-0.4, -0.2) is 37.6 Å². The molecule has 0 heterocycles. The van der Waals surface area contributed by atoms with Gasteiger partial charge in [-0.1, -0.05) is 23.7 Å². The Kier molecular flexibility index (Phi) is 6.58. The van der Waals surface area contributed by atoms with Gasteiger partial charge in [0.05, 0.1) is 19.9 Å². The lowest BCUT2D eigenvalue weighted by Gasteiger charge is -2.22. The van der Waals surface area contributed by atoms with Gasteiger partial charge in [0.25, 0.3) is 0 Å². The monoisotopic (exact) mass is 388 g/mol. The van der Waals surface area contributed by atoms with Crippen LogP contribution in [0.1, 0.15) is 24.8 Å². The summed E-state index contributed by atoms with van der Waals surface area (Å²) >= 11 is 6.02. The maximum atomic E-state index is 12.4. The first kappa shape index (κ1) is 19.5. The van der Waals surface area contributed by atoms with E-state index in [-0.39, 0.29) is 5.91 Å². The molecule has 1 N–H and O–H groups in total. The van der Waals surface area contributed by atoms with E-state index >= 15 is 0 Å². The van der Waals surface area contributed by atoms with Crippen molar-refractivity contribution in [2.75, 3.05) is 26.1 Å². The smallest absolute Gasteiger partial charge is 0.225 e. The summed E-state index contributed by atoms with van der Waals surface area (Å²) in [4.78, 5) is 14.8. The summed E-state index contributed by atoms with van der Waals surface area (Å²) in [5, 5.41) is 3.46. The van der Waals surface area contributed by atoms with Gasteiger partial charge in [-0.15, -0.1) is 0 Å². The molecule has 1 fully saturated rings. The summed E-state index contributed by atoms with van der Waals surface area (Å²) in [6.45, 7) is 1.55. The molecule has 27 heavy (non-hydrogen) atoms. The minimum Gasteiger partial charge on any atom is -0.497 e. The number of anilines is 1. The van der Waals surface area contributed by atoms with Crippen molar-refractivity contribution in [3.63, 3.8) is 0 Å². The lowest BCUT2D eigenvalue weighted by atomic mass is 10.2. The van der Waals surface area contributed by atoms with Crippen molar-refractivity contribution in [2.45, 2.75) is 31.8 Å². The van der Waals surface area contributed by atoms with Crippen LogP contribution in [0.2, 0.25) is 5.02 Å². The predicted octanol–water partition coefficient (Wildman–Crippen LogP) is 4.35. The van der Waals surface area contributed by atoms with Gasteiger partial charge in [0.15, 0.2) is 0 Å². The Balaban J connectivity index is 1.56. The Bertz CT molecular complexity index is 775. The van der Waals surface area contributed by atoms with Crippen LogP contribution in [0, 0.1) is 0 Å². The number of benzene rings is 2. The fourth-order valence-electron chi connectivity index (χ4n) is 3.03. The molecule has 0 atom stereocenters. The van der Waals surface area contributed by atoms with E-state index in [4.69, 9.17) is 21.1 Å². The summed E-state index contributed by atoms with van der Waals surface area (Å²) in [5.41, 5.74) is 1.82. The van der Waals surface area contributed by atoms with Crippen LogP contribution in [-0.2, 0) is 11.3 Å². The highest BCUT2D eigenvalue weighted by Crippen LogP contribution is 2.30. The summed E-state index contributed by atoms with van der Waals surface area (Å²) < 4.78 is 10.5. The first-order valence-corrected chi connectivity index (χ1v) is 9.47. The number of hydrogen-bond donors (Lipinski definition) is 1. The number of amides is 1. The highest BCUT2D eigenvalue weighted by Gasteiger charge is 2.29. The highest BCUT2D eigenvalue weighted by atomic mass is 35.5. The van der Waals surface area contributed by atoms with E-state index in [0.717, 1.165) is 12.3 Å². The fraction of sp³-hybridized carbons (Fsp3) is 0.381. The second-order valence-corrected chi connectivity index (χ2v) is 7.13. The number of halogens is 1. The molecule has 0 aromatic heterocycles. The molecule has 1 aliphatic rings. The molecule has 3 rings (SSSR count). The second-order valence-electron chi connectivity index (χ2n) is 6.69. The Hall–Kier alpha value is -2.24. The van der Waals surface area contributed by atoms with E-state index in [2.05, 4.69) is 22.3 Å². The van der Waals surface area contributed by atoms with Crippen LogP contribution in [0.15, 0.2) is 42.5 Å². The van der Waals surface area contributed by atoms with Crippen LogP contribution in [0.25, 0.3) is 0 Å². The van der Waals surface area contributed by atoms with E-state index in [0.29, 0.717) is 35.5 Å². The Morgan fingerprint density at radius 1 is 1.15 bits per heavy atom. The molecular weight excluding hydrogens is 364 g/mol. The molecule has 0 radical (unpaired) electrons. The van der Waals surface area contributed by atoms with Gasteiger partial charge < -0.3 is 14.8 Å². The minimum atomic E-state index is -0.0454. The highest BCUT2D eigenvalue weighted by molar-refractivity contribution is 6.31. The summed E-state index contributed by atoms with van der Waals surface area (Å²) in [5.74, 6) is 1.41. The number of methoxy groups -OCH3 is 2. The molecule has 144 valence electrons. The van der Waals surface area contributed by atoms with Gasteiger partial charge in [0.1, 0.15) is 11.5 Å². The third-order valence-electron chi connectivity index (χ3n) is 4.67. The number of carbonyl (C=O) groups is 1. The molecule has 0 aliphatic heterocycles. The van der Waals surface area contributed by atoms with Crippen LogP contribution in [0.5, 0.6) is 11.5 Å². The Morgan fingerprint density at radius 2 is 1.89 bits per heavy atom. The predicted molar refractivity (Wildman–Crippen MR) is 108 cm³/mol.